The zero-order chi connectivity index (χ0) is 105. The summed E-state index contributed by atoms with van der Waals surface area (Å²) in [5, 5.41) is 26.2. The van der Waals surface area contributed by atoms with Gasteiger partial charge in [-0.3, -0.25) is 0 Å². The van der Waals surface area contributed by atoms with Crippen molar-refractivity contribution in [1.29, 1.82) is 0 Å². The van der Waals surface area contributed by atoms with Gasteiger partial charge in [0.15, 0.2) is 0 Å². The van der Waals surface area contributed by atoms with Crippen LogP contribution in [0, 0.1) is 0 Å². The molecule has 3 heteroatoms. The smallest absolute Gasteiger partial charge is 0.136 e. The number of hydrogen-bond donors (Lipinski definition) is 0. The summed E-state index contributed by atoms with van der Waals surface area (Å²) in [6.45, 7) is 0. The lowest BCUT2D eigenvalue weighted by Gasteiger charge is -2.18. The van der Waals surface area contributed by atoms with Gasteiger partial charge in [-0.2, -0.15) is 0 Å². The van der Waals surface area contributed by atoms with Gasteiger partial charge in [0, 0.05) is 32.3 Å². The lowest BCUT2D eigenvalue weighted by atomic mass is 9.85. The molecule has 139 heavy (non-hydrogen) atoms. The van der Waals surface area contributed by atoms with Crippen LogP contribution in [0.4, 0.5) is 0 Å². The third-order valence-corrected chi connectivity index (χ3v) is 27.8. The number of benzene rings is 26. The second-order valence-electron chi connectivity index (χ2n) is 35.4. The van der Waals surface area contributed by atoms with E-state index < -0.39 is 18.1 Å². The molecule has 3 heterocycles. The second kappa shape index (κ2) is 33.4. The van der Waals surface area contributed by atoms with E-state index in [1.165, 1.54) is 48.7 Å². The van der Waals surface area contributed by atoms with E-state index in [0.29, 0.717) is 16.7 Å². The summed E-state index contributed by atoms with van der Waals surface area (Å²) in [6, 6.07) is 139. The van der Waals surface area contributed by atoms with Crippen molar-refractivity contribution in [3.8, 4) is 111 Å². The van der Waals surface area contributed by atoms with Crippen molar-refractivity contribution < 1.29 is 33.8 Å². The van der Waals surface area contributed by atoms with E-state index >= 15 is 0 Å². The maximum atomic E-state index is 8.89. The maximum Gasteiger partial charge on any atom is 0.136 e. The Balaban J connectivity index is 0.000000113. The fourth-order valence-corrected chi connectivity index (χ4v) is 21.8. The van der Waals surface area contributed by atoms with Gasteiger partial charge in [-0.1, -0.05) is 436 Å². The Morgan fingerprint density at radius 2 is 0.453 bits per heavy atom. The molecule has 0 saturated carbocycles. The van der Waals surface area contributed by atoms with E-state index in [-0.39, 0.29) is 89.2 Å². The molecule has 646 valence electrons. The van der Waals surface area contributed by atoms with Gasteiger partial charge < -0.3 is 13.3 Å². The number of fused-ring (bicyclic) bond motifs is 20. The molecule has 3 nitrogen and oxygen atoms in total. The maximum absolute atomic E-state index is 8.89. The quantitative estimate of drug-likeness (QED) is 0.101. The fraction of sp³-hybridized carbons (Fsp3) is 0. The van der Waals surface area contributed by atoms with Crippen LogP contribution in [0.2, 0.25) is 0 Å². The minimum atomic E-state index is -0.403. The van der Waals surface area contributed by atoms with E-state index in [1.807, 2.05) is 158 Å². The Labute approximate surface area is 822 Å². The van der Waals surface area contributed by atoms with Gasteiger partial charge in [0.1, 0.15) is 33.5 Å². The van der Waals surface area contributed by atoms with Crippen LogP contribution < -0.4 is 0 Å². The van der Waals surface area contributed by atoms with Crippen LogP contribution in [0.1, 0.15) is 20.6 Å². The van der Waals surface area contributed by atoms with Crippen molar-refractivity contribution in [2.24, 2.45) is 0 Å². The fourth-order valence-electron chi connectivity index (χ4n) is 21.8. The summed E-state index contributed by atoms with van der Waals surface area (Å²) in [7, 11) is 0. The molecule has 29 rings (SSSR count). The van der Waals surface area contributed by atoms with Gasteiger partial charge in [0.25, 0.3) is 0 Å². The average Bonchev–Trinajstić information content (AvgIpc) is 1.62. The zero-order valence-corrected chi connectivity index (χ0v) is 74.6. The Morgan fingerprint density at radius 3 is 1.00 bits per heavy atom. The van der Waals surface area contributed by atoms with Crippen LogP contribution in [0.25, 0.3) is 285 Å². The SMILES string of the molecule is [2H]c1c([2H])c([2H])c(-c2c3ccccc3c(-c3ccc4oc5cc(-c6cccc(-c7ccc8ccccc8c7)c6)ccc5c4c3)c3ccccc23)c([2H])c1[2H].[2H]c1c([2H])c([2H])c(-c2c3ccccc3c(-c3ccc4oc5cccc(-c6cccc7ccccc67)c5c4c3)c3ccccc23)c([2H])c1[2H].[2H]c1c([2H])c([2H])c(-c2c3ccccc3c(-c3cccc4oc5cc(-c6cccc7c6ccc6ccccc67)ccc5c34)c3ccccc23)c([2H])c1[2H]. The first-order valence-corrected chi connectivity index (χ1v) is 46.6. The molecule has 0 amide bonds. The normalized spacial score (nSPS) is 13.3. The summed E-state index contributed by atoms with van der Waals surface area (Å²) < 4.78 is 148. The predicted octanol–water partition coefficient (Wildman–Crippen LogP) is 39.0. The van der Waals surface area contributed by atoms with Crippen molar-refractivity contribution in [2.75, 3.05) is 0 Å². The van der Waals surface area contributed by atoms with E-state index in [4.69, 9.17) is 33.8 Å². The van der Waals surface area contributed by atoms with Crippen molar-refractivity contribution >= 4 is 174 Å². The van der Waals surface area contributed by atoms with Crippen LogP contribution >= 0.6 is 0 Å². The summed E-state index contributed by atoms with van der Waals surface area (Å²) >= 11 is 0. The van der Waals surface area contributed by atoms with Gasteiger partial charge in [0.05, 0.1) is 20.6 Å². The molecule has 0 aliphatic carbocycles. The van der Waals surface area contributed by atoms with Crippen LogP contribution in [-0.2, 0) is 0 Å². The molecule has 0 N–H and O–H groups in total. The second-order valence-corrected chi connectivity index (χ2v) is 35.4. The molecule has 0 aliphatic rings. The zero-order valence-electron chi connectivity index (χ0n) is 89.6. The molecular weight excluding hydrogens is 1680 g/mol. The highest BCUT2D eigenvalue weighted by atomic mass is 16.3. The molecular formula is C136H84O3. The summed E-state index contributed by atoms with van der Waals surface area (Å²) in [5.41, 5.74) is 22.3. The highest BCUT2D eigenvalue weighted by molar-refractivity contribution is 6.29. The molecule has 0 unspecified atom stereocenters. The molecule has 29 aromatic rings. The first-order valence-electron chi connectivity index (χ1n) is 54.1. The topological polar surface area (TPSA) is 39.4 Å². The molecule has 0 saturated heterocycles. The van der Waals surface area contributed by atoms with Crippen LogP contribution in [0.15, 0.2) is 522 Å². The molecule has 0 fully saturated rings. The Hall–Kier alpha value is -18.3. The Kier molecular flexibility index (Phi) is 15.9. The largest absolute Gasteiger partial charge is 0.456 e. The standard InChI is InChI=1S/C48H30O.C46H28O.C42H26O/c1-2-12-32(13-3-1)47-40-17-6-8-19-42(40)48(43-20-9-7-18-41(43)47)38-24-26-45-44(29-38)39-25-23-37(30-46(39)49-45)35-16-10-15-34(28-35)36-22-21-31-11-4-5-14-33(31)27-36;1-2-13-30(14-3-1)44-36-16-6-8-18-38(36)45(39-19-9-7-17-37(39)44)41-22-11-23-42-46(41)40-27-25-31(28-43(40)47-42)33-20-10-21-34-32-15-5-4-12-29(32)24-26-35(33)34;1-2-13-28(14-3-1)40-33-17-6-8-19-35(33)41(36-20-9-7-18-34(36)40)29-24-25-38-37(26-29)42-32(22-11-23-39(42)43-38)31-21-10-15-27-12-4-5-16-30(27)31/h1-30H;1-28H;1-26H/i1D,2D,3D,12D,13D;2*1D,2D,3D,13D,14D. The van der Waals surface area contributed by atoms with E-state index in [2.05, 4.69) is 261 Å². The van der Waals surface area contributed by atoms with Crippen molar-refractivity contribution in [2.45, 2.75) is 0 Å². The molecule has 0 atom stereocenters. The highest BCUT2D eigenvalue weighted by Crippen LogP contribution is 2.52. The Morgan fingerprint density at radius 1 is 0.129 bits per heavy atom. The van der Waals surface area contributed by atoms with Crippen molar-refractivity contribution in [3.63, 3.8) is 0 Å². The number of furan rings is 3. The minimum Gasteiger partial charge on any atom is -0.456 e. The van der Waals surface area contributed by atoms with E-state index in [0.717, 1.165) is 203 Å². The first-order chi connectivity index (χ1) is 75.2. The van der Waals surface area contributed by atoms with E-state index in [9.17, 15) is 0 Å². The van der Waals surface area contributed by atoms with Crippen LogP contribution in [-0.4, -0.2) is 0 Å². The third kappa shape index (κ3) is 13.6. The lowest BCUT2D eigenvalue weighted by molar-refractivity contribution is 0.668. The van der Waals surface area contributed by atoms with Gasteiger partial charge in [0.2, 0.25) is 0 Å². The number of hydrogen-bond acceptors (Lipinski definition) is 3. The van der Waals surface area contributed by atoms with Gasteiger partial charge in [-0.25, -0.2) is 0 Å². The van der Waals surface area contributed by atoms with Crippen LogP contribution in [0.3, 0.4) is 0 Å². The van der Waals surface area contributed by atoms with E-state index in [1.54, 1.807) is 0 Å². The van der Waals surface area contributed by atoms with Crippen molar-refractivity contribution in [3.05, 3.63) is 509 Å². The monoisotopic (exact) mass is 1780 g/mol. The minimum absolute atomic E-state index is 0.200. The molecule has 0 aliphatic heterocycles. The molecule has 3 aromatic heterocycles. The third-order valence-electron chi connectivity index (χ3n) is 27.8. The molecule has 0 radical (unpaired) electrons. The van der Waals surface area contributed by atoms with Gasteiger partial charge >= 0.3 is 0 Å². The lowest BCUT2D eigenvalue weighted by Crippen LogP contribution is -1.91. The first kappa shape index (κ1) is 66.2. The van der Waals surface area contributed by atoms with Crippen LogP contribution in [0.5, 0.6) is 0 Å². The molecule has 0 spiro atoms. The van der Waals surface area contributed by atoms with Gasteiger partial charge in [-0.15, -0.1) is 0 Å². The predicted molar refractivity (Wildman–Crippen MR) is 591 cm³/mol. The Bertz CT molecular complexity index is 10800. The average molecular weight is 1780 g/mol. The summed E-state index contributed by atoms with van der Waals surface area (Å²) in [5.74, 6) is 0. The summed E-state index contributed by atoms with van der Waals surface area (Å²) in [4.78, 5) is 0. The molecule has 26 aromatic carbocycles. The highest BCUT2D eigenvalue weighted by Gasteiger charge is 2.26. The van der Waals surface area contributed by atoms with Crippen molar-refractivity contribution in [1.82, 2.24) is 0 Å². The van der Waals surface area contributed by atoms with Gasteiger partial charge in [-0.05, 0) is 292 Å². The molecule has 0 bridgehead atoms. The summed E-state index contributed by atoms with van der Waals surface area (Å²) in [6.07, 6.45) is 0. The number of rotatable bonds is 10.